The zero-order chi connectivity index (χ0) is 14.4. The second-order valence-electron chi connectivity index (χ2n) is 6.19. The highest BCUT2D eigenvalue weighted by Crippen LogP contribution is 2.40. The van der Waals surface area contributed by atoms with Crippen molar-refractivity contribution >= 4 is 22.1 Å². The van der Waals surface area contributed by atoms with E-state index in [0.717, 1.165) is 49.8 Å². The average Bonchev–Trinajstić information content (AvgIpc) is 3.18. The summed E-state index contributed by atoms with van der Waals surface area (Å²) in [6.07, 6.45) is 4.13. The van der Waals surface area contributed by atoms with Gasteiger partial charge in [0.2, 0.25) is 0 Å². The van der Waals surface area contributed by atoms with Crippen molar-refractivity contribution in [1.82, 2.24) is 14.7 Å². The molecule has 0 aromatic carbocycles. The van der Waals surface area contributed by atoms with E-state index in [0.29, 0.717) is 11.8 Å². The highest BCUT2D eigenvalue weighted by atomic mass is 32.1. The van der Waals surface area contributed by atoms with Crippen LogP contribution in [0.15, 0.2) is 11.6 Å². The van der Waals surface area contributed by atoms with Crippen LogP contribution in [0.3, 0.4) is 0 Å². The van der Waals surface area contributed by atoms with Gasteiger partial charge in [-0.25, -0.2) is 4.98 Å². The van der Waals surface area contributed by atoms with Gasteiger partial charge in [0, 0.05) is 37.1 Å². The molecule has 3 unspecified atom stereocenters. The number of aromatic nitrogens is 2. The van der Waals surface area contributed by atoms with E-state index >= 15 is 0 Å². The molecule has 1 saturated carbocycles. The monoisotopic (exact) mass is 306 g/mol. The first kappa shape index (κ1) is 13.5. The smallest absolute Gasteiger partial charge is 0.195 e. The second-order valence-corrected chi connectivity index (χ2v) is 7.06. The Morgan fingerprint density at radius 3 is 3.14 bits per heavy atom. The molecule has 1 aliphatic carbocycles. The van der Waals surface area contributed by atoms with E-state index in [2.05, 4.69) is 33.1 Å². The highest BCUT2D eigenvalue weighted by Gasteiger charge is 2.43. The average molecular weight is 306 g/mol. The summed E-state index contributed by atoms with van der Waals surface area (Å²) >= 11 is 1.68. The van der Waals surface area contributed by atoms with E-state index in [4.69, 9.17) is 4.98 Å². The molecule has 4 rings (SSSR count). The first-order chi connectivity index (χ1) is 10.3. The molecule has 3 atom stereocenters. The molecule has 2 aromatic rings. The van der Waals surface area contributed by atoms with E-state index in [1.807, 2.05) is 0 Å². The number of rotatable bonds is 4. The van der Waals surface area contributed by atoms with E-state index in [1.165, 1.54) is 5.69 Å². The summed E-state index contributed by atoms with van der Waals surface area (Å²) in [6, 6.07) is 0. The Hall–Kier alpha value is -1.11. The van der Waals surface area contributed by atoms with Gasteiger partial charge in [0.15, 0.2) is 10.8 Å². The largest absolute Gasteiger partial charge is 0.393 e. The molecule has 0 amide bonds. The van der Waals surface area contributed by atoms with Crippen molar-refractivity contribution in [3.8, 4) is 0 Å². The van der Waals surface area contributed by atoms with Crippen molar-refractivity contribution in [2.45, 2.75) is 32.4 Å². The Morgan fingerprint density at radius 1 is 1.43 bits per heavy atom. The third kappa shape index (κ3) is 2.17. The molecule has 3 heterocycles. The molecular formula is C15H22N4OS. The van der Waals surface area contributed by atoms with Gasteiger partial charge >= 0.3 is 0 Å². The lowest BCUT2D eigenvalue weighted by atomic mass is 10.00. The molecule has 1 saturated heterocycles. The second kappa shape index (κ2) is 5.26. The lowest BCUT2D eigenvalue weighted by Crippen LogP contribution is -2.26. The van der Waals surface area contributed by atoms with Gasteiger partial charge in [-0.05, 0) is 25.3 Å². The van der Waals surface area contributed by atoms with Crippen LogP contribution in [0.2, 0.25) is 0 Å². The molecule has 114 valence electrons. The summed E-state index contributed by atoms with van der Waals surface area (Å²) in [5.74, 6) is 2.20. The van der Waals surface area contributed by atoms with Crippen molar-refractivity contribution in [2.75, 3.05) is 24.5 Å². The number of aliphatic hydroxyl groups is 1. The SMILES string of the molecule is CCNCc1c(N2CC3CCC(O)C3C2)nc2sccn12. The maximum absolute atomic E-state index is 10.1. The molecule has 2 N–H and O–H groups in total. The number of nitrogens with one attached hydrogen (secondary N) is 1. The first-order valence-corrected chi connectivity index (χ1v) is 8.74. The van der Waals surface area contributed by atoms with Crippen LogP contribution in [0, 0.1) is 11.8 Å². The van der Waals surface area contributed by atoms with E-state index < -0.39 is 0 Å². The van der Waals surface area contributed by atoms with Gasteiger partial charge in [0.25, 0.3) is 0 Å². The van der Waals surface area contributed by atoms with Gasteiger partial charge in [-0.3, -0.25) is 4.40 Å². The molecule has 2 aromatic heterocycles. The predicted molar refractivity (Wildman–Crippen MR) is 84.9 cm³/mol. The van der Waals surface area contributed by atoms with Crippen molar-refractivity contribution in [1.29, 1.82) is 0 Å². The predicted octanol–water partition coefficient (Wildman–Crippen LogP) is 1.71. The van der Waals surface area contributed by atoms with Crippen LogP contribution in [-0.2, 0) is 6.54 Å². The first-order valence-electron chi connectivity index (χ1n) is 7.86. The molecule has 21 heavy (non-hydrogen) atoms. The molecule has 2 aliphatic rings. The van der Waals surface area contributed by atoms with Crippen LogP contribution in [0.1, 0.15) is 25.5 Å². The minimum absolute atomic E-state index is 0.110. The fourth-order valence-corrected chi connectivity index (χ4v) is 4.62. The standard InChI is InChI=1S/C15H22N4OS/c1-2-16-7-12-14(17-15-19(12)5-6-21-15)18-8-10-3-4-13(20)11(10)9-18/h5-6,10-11,13,16,20H,2-4,7-9H2,1H3. The number of fused-ring (bicyclic) bond motifs is 2. The summed E-state index contributed by atoms with van der Waals surface area (Å²) in [4.78, 5) is 8.30. The van der Waals surface area contributed by atoms with Gasteiger partial charge in [-0.2, -0.15) is 0 Å². The van der Waals surface area contributed by atoms with Gasteiger partial charge in [-0.1, -0.05) is 6.92 Å². The zero-order valence-corrected chi connectivity index (χ0v) is 13.1. The summed E-state index contributed by atoms with van der Waals surface area (Å²) in [7, 11) is 0. The Morgan fingerprint density at radius 2 is 2.33 bits per heavy atom. The van der Waals surface area contributed by atoms with Crippen LogP contribution in [0.4, 0.5) is 5.82 Å². The Bertz CT molecular complexity index is 637. The molecule has 6 heteroatoms. The van der Waals surface area contributed by atoms with Gasteiger partial charge in [0.05, 0.1) is 11.8 Å². The molecule has 0 spiro atoms. The fraction of sp³-hybridized carbons (Fsp3) is 0.667. The van der Waals surface area contributed by atoms with E-state index in [1.54, 1.807) is 11.3 Å². The van der Waals surface area contributed by atoms with E-state index in [9.17, 15) is 5.11 Å². The number of hydrogen-bond acceptors (Lipinski definition) is 5. The van der Waals surface area contributed by atoms with Crippen LogP contribution < -0.4 is 10.2 Å². The van der Waals surface area contributed by atoms with Crippen molar-refractivity contribution in [3.63, 3.8) is 0 Å². The molecule has 2 fully saturated rings. The van der Waals surface area contributed by atoms with Crippen LogP contribution in [0.25, 0.3) is 4.96 Å². The lowest BCUT2D eigenvalue weighted by Gasteiger charge is -2.19. The van der Waals surface area contributed by atoms with Gasteiger partial charge < -0.3 is 15.3 Å². The fourth-order valence-electron chi connectivity index (χ4n) is 3.89. The number of hydrogen-bond donors (Lipinski definition) is 2. The minimum atomic E-state index is -0.110. The molecule has 0 bridgehead atoms. The Labute approximate surface area is 128 Å². The maximum atomic E-state index is 10.1. The number of imidazole rings is 1. The normalized spacial score (nSPS) is 28.7. The number of thiazole rings is 1. The van der Waals surface area contributed by atoms with Crippen molar-refractivity contribution in [3.05, 3.63) is 17.3 Å². The summed E-state index contributed by atoms with van der Waals surface area (Å²) in [5, 5.41) is 15.6. The minimum Gasteiger partial charge on any atom is -0.393 e. The number of anilines is 1. The van der Waals surface area contributed by atoms with E-state index in [-0.39, 0.29) is 6.10 Å². The summed E-state index contributed by atoms with van der Waals surface area (Å²) in [6.45, 7) is 5.93. The lowest BCUT2D eigenvalue weighted by molar-refractivity contribution is 0.133. The van der Waals surface area contributed by atoms with Crippen LogP contribution in [-0.4, -0.2) is 40.2 Å². The maximum Gasteiger partial charge on any atom is 0.195 e. The zero-order valence-electron chi connectivity index (χ0n) is 12.3. The molecule has 5 nitrogen and oxygen atoms in total. The van der Waals surface area contributed by atoms with Crippen LogP contribution in [0.5, 0.6) is 0 Å². The number of nitrogens with zero attached hydrogens (tertiary/aromatic N) is 3. The highest BCUT2D eigenvalue weighted by molar-refractivity contribution is 7.15. The molecule has 0 radical (unpaired) electrons. The molecular weight excluding hydrogens is 284 g/mol. The molecule has 1 aliphatic heterocycles. The van der Waals surface area contributed by atoms with Crippen LogP contribution >= 0.6 is 11.3 Å². The summed E-state index contributed by atoms with van der Waals surface area (Å²) in [5.41, 5.74) is 1.25. The van der Waals surface area contributed by atoms with Gasteiger partial charge in [-0.15, -0.1) is 11.3 Å². The summed E-state index contributed by atoms with van der Waals surface area (Å²) < 4.78 is 2.20. The number of aliphatic hydroxyl groups excluding tert-OH is 1. The third-order valence-corrected chi connectivity index (χ3v) is 5.76. The quantitative estimate of drug-likeness (QED) is 0.903. The Kier molecular flexibility index (Phi) is 3.40. The van der Waals surface area contributed by atoms with Gasteiger partial charge in [0.1, 0.15) is 0 Å². The topological polar surface area (TPSA) is 52.8 Å². The van der Waals surface area contributed by atoms with Crippen molar-refractivity contribution in [2.24, 2.45) is 11.8 Å². The third-order valence-electron chi connectivity index (χ3n) is 5.00. The Balaban J connectivity index is 1.65. The van der Waals surface area contributed by atoms with Crippen molar-refractivity contribution < 1.29 is 5.11 Å².